The van der Waals surface area contributed by atoms with E-state index in [-0.39, 0.29) is 41.7 Å². The molecule has 2 aliphatic rings. The van der Waals surface area contributed by atoms with Crippen molar-refractivity contribution in [1.82, 2.24) is 9.97 Å². The van der Waals surface area contributed by atoms with Crippen LogP contribution in [0.3, 0.4) is 0 Å². The summed E-state index contributed by atoms with van der Waals surface area (Å²) in [4.78, 5) is 32.5. The predicted molar refractivity (Wildman–Crippen MR) is 210 cm³/mol. The fourth-order valence-electron chi connectivity index (χ4n) is 6.21. The number of nitrogens with zero attached hydrogens (tertiary/aromatic N) is 2. The Bertz CT molecular complexity index is 1750. The van der Waals surface area contributed by atoms with Crippen molar-refractivity contribution >= 4 is 11.9 Å². The van der Waals surface area contributed by atoms with Crippen molar-refractivity contribution in [3.8, 4) is 33.8 Å². The summed E-state index contributed by atoms with van der Waals surface area (Å²) < 4.78 is 17.5. The van der Waals surface area contributed by atoms with Gasteiger partial charge in [-0.05, 0) is 140 Å². The van der Waals surface area contributed by atoms with Crippen LogP contribution in [0.2, 0.25) is 0 Å². The quantitative estimate of drug-likeness (QED) is 0.101. The Kier molecular flexibility index (Phi) is 19.6. The summed E-state index contributed by atoms with van der Waals surface area (Å²) in [6, 6.07) is 19.7. The molecule has 0 aliphatic heterocycles. The van der Waals surface area contributed by atoms with Crippen molar-refractivity contribution in [3.63, 3.8) is 0 Å². The summed E-state index contributed by atoms with van der Waals surface area (Å²) >= 11 is 0. The molecule has 6 rings (SSSR count). The van der Waals surface area contributed by atoms with Crippen molar-refractivity contribution < 1.29 is 58.7 Å². The maximum absolute atomic E-state index is 12.6. The zero-order chi connectivity index (χ0) is 37.0. The molecule has 4 aromatic rings. The minimum Gasteiger partial charge on any atom is -0.870 e. The SMILES string of the molecule is CC(C)CC(C(=O)O)c1ccc(OCC2CC2)c(-c2ccncc2)c1.CCOC(=O)C(CC(C)C)c1ccc(OCC2CC2)c(-c2ccncc2)c1.O.[Li+].[OH-]. The summed E-state index contributed by atoms with van der Waals surface area (Å²) in [7, 11) is 0. The Morgan fingerprint density at radius 1 is 0.691 bits per heavy atom. The maximum Gasteiger partial charge on any atom is 1.00 e. The zero-order valence-corrected chi connectivity index (χ0v) is 33.2. The molecule has 2 saturated carbocycles. The first-order valence-corrected chi connectivity index (χ1v) is 18.9. The third kappa shape index (κ3) is 14.4. The Balaban J connectivity index is 0.000000361. The van der Waals surface area contributed by atoms with Crippen molar-refractivity contribution in [3.05, 3.63) is 96.6 Å². The van der Waals surface area contributed by atoms with Crippen LogP contribution in [-0.2, 0) is 14.3 Å². The Hall–Kier alpha value is -4.20. The van der Waals surface area contributed by atoms with Gasteiger partial charge in [-0.3, -0.25) is 19.6 Å². The minimum absolute atomic E-state index is 0. The number of carbonyl (C=O) groups excluding carboxylic acids is 1. The van der Waals surface area contributed by atoms with Gasteiger partial charge in [0.25, 0.3) is 0 Å². The summed E-state index contributed by atoms with van der Waals surface area (Å²) in [5.74, 6) is 2.05. The van der Waals surface area contributed by atoms with Crippen molar-refractivity contribution in [1.29, 1.82) is 0 Å². The molecule has 2 aromatic heterocycles. The molecule has 11 heteroatoms. The molecule has 0 amide bonds. The first-order valence-electron chi connectivity index (χ1n) is 18.9. The van der Waals surface area contributed by atoms with Gasteiger partial charge in [-0.2, -0.15) is 0 Å². The van der Waals surface area contributed by atoms with Crippen molar-refractivity contribution in [2.75, 3.05) is 19.8 Å². The number of rotatable bonds is 17. The Labute approximate surface area is 338 Å². The monoisotopic (exact) mass is 748 g/mol. The Morgan fingerprint density at radius 2 is 1.09 bits per heavy atom. The third-order valence-corrected chi connectivity index (χ3v) is 9.42. The number of aromatic nitrogens is 2. The number of carboxylic acid groups (broad SMARTS) is 1. The molecular formula is C44H57LiN2O8. The van der Waals surface area contributed by atoms with E-state index in [9.17, 15) is 14.7 Å². The average molecular weight is 749 g/mol. The van der Waals surface area contributed by atoms with Crippen LogP contribution in [0, 0.1) is 23.7 Å². The number of ether oxygens (including phenoxy) is 3. The molecule has 2 aliphatic carbocycles. The fraction of sp³-hybridized carbons (Fsp3) is 0.455. The second kappa shape index (κ2) is 23.0. The van der Waals surface area contributed by atoms with Crippen LogP contribution in [0.4, 0.5) is 0 Å². The maximum atomic E-state index is 12.6. The van der Waals surface area contributed by atoms with Crippen molar-refractivity contribution in [2.45, 2.75) is 85.0 Å². The number of hydrogen-bond acceptors (Lipinski definition) is 8. The molecule has 55 heavy (non-hydrogen) atoms. The molecule has 292 valence electrons. The number of aliphatic carboxylic acids is 1. The van der Waals surface area contributed by atoms with Gasteiger partial charge in [-0.15, -0.1) is 0 Å². The number of benzene rings is 2. The van der Waals surface area contributed by atoms with Gasteiger partial charge in [-0.25, -0.2) is 0 Å². The van der Waals surface area contributed by atoms with E-state index in [2.05, 4.69) is 29.9 Å². The van der Waals surface area contributed by atoms with Gasteiger partial charge in [0.15, 0.2) is 0 Å². The minimum atomic E-state index is -0.777. The molecule has 0 radical (unpaired) electrons. The van der Waals surface area contributed by atoms with Gasteiger partial charge in [0, 0.05) is 35.9 Å². The van der Waals surface area contributed by atoms with E-state index in [0.29, 0.717) is 36.7 Å². The molecule has 4 N–H and O–H groups in total. The third-order valence-electron chi connectivity index (χ3n) is 9.42. The predicted octanol–water partition coefficient (Wildman–Crippen LogP) is 5.98. The van der Waals surface area contributed by atoms with E-state index in [1.54, 1.807) is 24.8 Å². The average Bonchev–Trinajstić information content (AvgIpc) is 4.09. The number of hydrogen-bond donors (Lipinski definition) is 1. The normalized spacial score (nSPS) is 14.2. The first kappa shape index (κ1) is 47.0. The van der Waals surface area contributed by atoms with E-state index in [1.165, 1.54) is 25.7 Å². The standard InChI is InChI=1S/C23H29NO3.C21H25NO3.Li.2H2O/c1-4-26-23(25)21(13-16(2)3)19-7-8-22(27-15-17-5-6-17)20(14-19)18-9-11-24-12-10-18;1-14(2)11-19(21(23)24)17-5-6-20(25-13-15-3-4-15)18(12-17)16-7-9-22-10-8-16;;;/h7-12,14,16-17,21H,4-6,13,15H2,1-3H3;5-10,12,14-15,19H,3-4,11,13H2,1-2H3,(H,23,24);;2*1H2/q;;+1;;/p-1. The second-order valence-electron chi connectivity index (χ2n) is 14.9. The molecule has 0 bridgehead atoms. The van der Waals surface area contributed by atoms with Crippen LogP contribution in [0.25, 0.3) is 22.3 Å². The summed E-state index contributed by atoms with van der Waals surface area (Å²) in [6.45, 7) is 12.1. The van der Waals surface area contributed by atoms with Crippen LogP contribution in [0.15, 0.2) is 85.5 Å². The van der Waals surface area contributed by atoms with Crippen LogP contribution in [0.5, 0.6) is 11.5 Å². The van der Waals surface area contributed by atoms with Crippen LogP contribution < -0.4 is 28.3 Å². The summed E-state index contributed by atoms with van der Waals surface area (Å²) in [5, 5.41) is 9.65. The van der Waals surface area contributed by atoms with Crippen LogP contribution in [-0.4, -0.2) is 57.8 Å². The second-order valence-corrected chi connectivity index (χ2v) is 14.9. The molecule has 0 spiro atoms. The zero-order valence-electron chi connectivity index (χ0n) is 33.2. The number of carbonyl (C=O) groups is 2. The number of pyridine rings is 2. The molecule has 10 nitrogen and oxygen atoms in total. The van der Waals surface area contributed by atoms with Crippen LogP contribution >= 0.6 is 0 Å². The van der Waals surface area contributed by atoms with Crippen molar-refractivity contribution in [2.24, 2.45) is 23.7 Å². The first-order chi connectivity index (χ1) is 25.1. The molecule has 2 heterocycles. The van der Waals surface area contributed by atoms with E-state index >= 15 is 0 Å². The molecule has 2 fully saturated rings. The summed E-state index contributed by atoms with van der Waals surface area (Å²) in [5.41, 5.74) is 5.80. The van der Waals surface area contributed by atoms with E-state index < -0.39 is 11.9 Å². The van der Waals surface area contributed by atoms with Gasteiger partial charge in [0.05, 0.1) is 31.7 Å². The molecule has 2 aromatic carbocycles. The smallest absolute Gasteiger partial charge is 0.870 e. The van der Waals surface area contributed by atoms with Gasteiger partial charge in [0.1, 0.15) is 11.5 Å². The van der Waals surface area contributed by atoms with Gasteiger partial charge < -0.3 is 30.3 Å². The largest absolute Gasteiger partial charge is 1.00 e. The fourth-order valence-corrected chi connectivity index (χ4v) is 6.21. The van der Waals surface area contributed by atoms with Gasteiger partial charge >= 0.3 is 30.8 Å². The molecule has 0 saturated heterocycles. The van der Waals surface area contributed by atoms with Gasteiger partial charge in [-0.1, -0.05) is 39.8 Å². The van der Waals surface area contributed by atoms with Crippen LogP contribution in [0.1, 0.15) is 96.1 Å². The molecular weight excluding hydrogens is 691 g/mol. The number of esters is 1. The summed E-state index contributed by atoms with van der Waals surface area (Å²) in [6.07, 6.45) is 13.4. The van der Waals surface area contributed by atoms with E-state index in [1.807, 2.05) is 75.4 Å². The molecule has 2 unspecified atom stereocenters. The van der Waals surface area contributed by atoms with Gasteiger partial charge in [0.2, 0.25) is 0 Å². The Morgan fingerprint density at radius 3 is 1.45 bits per heavy atom. The topological polar surface area (TPSA) is 169 Å². The van der Waals surface area contributed by atoms with E-state index in [4.69, 9.17) is 14.2 Å². The van der Waals surface area contributed by atoms with E-state index in [0.717, 1.165) is 64.5 Å². The molecule has 2 atom stereocenters. The number of carboxylic acids is 1.